The molecule has 0 aliphatic carbocycles. The van der Waals surface area contributed by atoms with Crippen molar-refractivity contribution in [3.8, 4) is 11.5 Å². The molecule has 7 heteroatoms. The van der Waals surface area contributed by atoms with Crippen LogP contribution in [0.3, 0.4) is 0 Å². The van der Waals surface area contributed by atoms with Gasteiger partial charge < -0.3 is 19.7 Å². The highest BCUT2D eigenvalue weighted by Crippen LogP contribution is 2.33. The maximum Gasteiger partial charge on any atom is 0.262 e. The molecule has 1 aliphatic heterocycles. The lowest BCUT2D eigenvalue weighted by atomic mass is 10.0. The highest BCUT2D eigenvalue weighted by atomic mass is 35.5. The normalized spacial score (nSPS) is 16.8. The second-order valence-corrected chi connectivity index (χ2v) is 6.22. The van der Waals surface area contributed by atoms with Crippen LogP contribution in [-0.4, -0.2) is 44.0 Å². The number of methoxy groups -OCH3 is 2. The third-order valence-corrected chi connectivity index (χ3v) is 4.51. The van der Waals surface area contributed by atoms with Gasteiger partial charge in [0.2, 0.25) is 5.91 Å². The van der Waals surface area contributed by atoms with Gasteiger partial charge in [-0.05, 0) is 29.8 Å². The molecule has 2 aromatic carbocycles. The van der Waals surface area contributed by atoms with E-state index in [2.05, 4.69) is 5.32 Å². The number of carbonyl (C=O) groups excluding carboxylic acids is 2. The number of rotatable bonds is 4. The molecular weight excluding hydrogens is 356 g/mol. The molecule has 0 bridgehead atoms. The van der Waals surface area contributed by atoms with E-state index in [0.29, 0.717) is 40.7 Å². The molecule has 2 aromatic rings. The van der Waals surface area contributed by atoms with Gasteiger partial charge in [0.1, 0.15) is 23.1 Å². The van der Waals surface area contributed by atoms with Crippen molar-refractivity contribution in [2.45, 2.75) is 6.04 Å². The Balaban J connectivity index is 2.06. The van der Waals surface area contributed by atoms with Gasteiger partial charge in [0, 0.05) is 18.1 Å². The van der Waals surface area contributed by atoms with Crippen molar-refractivity contribution in [1.29, 1.82) is 0 Å². The fourth-order valence-corrected chi connectivity index (χ4v) is 3.30. The lowest BCUT2D eigenvalue weighted by molar-refractivity contribution is -0.128. The van der Waals surface area contributed by atoms with Crippen LogP contribution in [0.1, 0.15) is 22.0 Å². The molecule has 136 valence electrons. The van der Waals surface area contributed by atoms with Gasteiger partial charge in [-0.1, -0.05) is 29.8 Å². The lowest BCUT2D eigenvalue weighted by Gasteiger charge is -2.35. The number of carbonyl (C=O) groups is 2. The Bertz CT molecular complexity index is 818. The molecule has 0 saturated carbocycles. The maximum absolute atomic E-state index is 13.3. The third-order valence-electron chi connectivity index (χ3n) is 4.28. The number of piperazine rings is 1. The van der Waals surface area contributed by atoms with E-state index in [1.165, 1.54) is 19.1 Å². The average Bonchev–Trinajstić information content (AvgIpc) is 2.66. The number of hydrogen-bond donors (Lipinski definition) is 1. The van der Waals surface area contributed by atoms with E-state index in [9.17, 15) is 9.59 Å². The second-order valence-electron chi connectivity index (χ2n) is 5.78. The van der Waals surface area contributed by atoms with Crippen molar-refractivity contribution < 1.29 is 19.1 Å². The Kier molecular flexibility index (Phi) is 5.32. The summed E-state index contributed by atoms with van der Waals surface area (Å²) in [4.78, 5) is 27.4. The topological polar surface area (TPSA) is 67.9 Å². The van der Waals surface area contributed by atoms with E-state index in [1.807, 2.05) is 0 Å². The monoisotopic (exact) mass is 374 g/mol. The van der Waals surface area contributed by atoms with E-state index in [0.717, 1.165) is 0 Å². The second kappa shape index (κ2) is 7.66. The number of hydrogen-bond acceptors (Lipinski definition) is 4. The van der Waals surface area contributed by atoms with Crippen molar-refractivity contribution >= 4 is 23.4 Å². The van der Waals surface area contributed by atoms with Crippen molar-refractivity contribution in [3.63, 3.8) is 0 Å². The Labute approximate surface area is 156 Å². The minimum Gasteiger partial charge on any atom is -0.496 e. The lowest BCUT2D eigenvalue weighted by Crippen LogP contribution is -2.52. The van der Waals surface area contributed by atoms with Crippen molar-refractivity contribution in [1.82, 2.24) is 10.2 Å². The highest BCUT2D eigenvalue weighted by molar-refractivity contribution is 6.30. The van der Waals surface area contributed by atoms with Gasteiger partial charge >= 0.3 is 0 Å². The molecule has 0 radical (unpaired) electrons. The predicted octanol–water partition coefficient (Wildman–Crippen LogP) is 2.67. The first kappa shape index (κ1) is 18.1. The van der Waals surface area contributed by atoms with E-state index in [1.54, 1.807) is 42.5 Å². The number of nitrogens with one attached hydrogen (secondary N) is 1. The van der Waals surface area contributed by atoms with E-state index in [-0.39, 0.29) is 11.8 Å². The predicted molar refractivity (Wildman–Crippen MR) is 97.8 cm³/mol. The summed E-state index contributed by atoms with van der Waals surface area (Å²) in [6.45, 7) is 0.738. The van der Waals surface area contributed by atoms with Crippen molar-refractivity contribution in [2.24, 2.45) is 0 Å². The Hall–Kier alpha value is -2.73. The van der Waals surface area contributed by atoms with E-state index < -0.39 is 6.04 Å². The molecule has 3 rings (SSSR count). The van der Waals surface area contributed by atoms with E-state index >= 15 is 0 Å². The first-order valence-corrected chi connectivity index (χ1v) is 8.49. The van der Waals surface area contributed by atoms with Gasteiger partial charge in [0.05, 0.1) is 14.2 Å². The standard InChI is InChI=1S/C19H19ClN2O4/c1-25-14-7-4-8-15(26-2)16(14)19(24)22-10-9-21-18(23)17(22)12-5-3-6-13(20)11-12/h3-8,11,17H,9-10H2,1-2H3,(H,21,23). The van der Waals surface area contributed by atoms with Gasteiger partial charge in [-0.3, -0.25) is 9.59 Å². The quantitative estimate of drug-likeness (QED) is 0.893. The average molecular weight is 375 g/mol. The van der Waals surface area contributed by atoms with Crippen LogP contribution in [0.5, 0.6) is 11.5 Å². The van der Waals surface area contributed by atoms with Crippen molar-refractivity contribution in [3.05, 3.63) is 58.6 Å². The summed E-state index contributed by atoms with van der Waals surface area (Å²) < 4.78 is 10.7. The molecule has 1 N–H and O–H groups in total. The summed E-state index contributed by atoms with van der Waals surface area (Å²) in [5, 5.41) is 3.31. The fourth-order valence-electron chi connectivity index (χ4n) is 3.10. The Morgan fingerprint density at radius 2 is 1.81 bits per heavy atom. The van der Waals surface area contributed by atoms with Gasteiger partial charge in [-0.25, -0.2) is 0 Å². The molecule has 1 fully saturated rings. The summed E-state index contributed by atoms with van der Waals surface area (Å²) in [6.07, 6.45) is 0. The zero-order valence-corrected chi connectivity index (χ0v) is 15.2. The molecule has 0 aromatic heterocycles. The fraction of sp³-hybridized carbons (Fsp3) is 0.263. The summed E-state index contributed by atoms with van der Waals surface area (Å²) in [6, 6.07) is 11.3. The number of benzene rings is 2. The minimum absolute atomic E-state index is 0.249. The molecular formula is C19H19ClN2O4. The van der Waals surface area contributed by atoms with E-state index in [4.69, 9.17) is 21.1 Å². The van der Waals surface area contributed by atoms with Gasteiger partial charge in [-0.15, -0.1) is 0 Å². The first-order chi connectivity index (χ1) is 12.6. The SMILES string of the molecule is COc1cccc(OC)c1C(=O)N1CCNC(=O)C1c1cccc(Cl)c1. The van der Waals surface area contributed by atoms with Gasteiger partial charge in [0.15, 0.2) is 0 Å². The first-order valence-electron chi connectivity index (χ1n) is 8.12. The van der Waals surface area contributed by atoms with Crippen LogP contribution >= 0.6 is 11.6 Å². The number of halogens is 1. The molecule has 2 amide bonds. The number of amides is 2. The highest BCUT2D eigenvalue weighted by Gasteiger charge is 2.37. The van der Waals surface area contributed by atoms with Crippen molar-refractivity contribution in [2.75, 3.05) is 27.3 Å². The zero-order valence-electron chi connectivity index (χ0n) is 14.5. The van der Waals surface area contributed by atoms with Gasteiger partial charge in [-0.2, -0.15) is 0 Å². The van der Waals surface area contributed by atoms with Crippen LogP contribution in [0.4, 0.5) is 0 Å². The number of ether oxygens (including phenoxy) is 2. The summed E-state index contributed by atoms with van der Waals surface area (Å²) in [5.74, 6) is 0.204. The summed E-state index contributed by atoms with van der Waals surface area (Å²) in [5.41, 5.74) is 0.941. The molecule has 1 aliphatic rings. The van der Waals surface area contributed by atoms with Crippen LogP contribution in [0.25, 0.3) is 0 Å². The molecule has 1 heterocycles. The molecule has 26 heavy (non-hydrogen) atoms. The van der Waals surface area contributed by atoms with Crippen LogP contribution in [-0.2, 0) is 4.79 Å². The maximum atomic E-state index is 13.3. The van der Waals surface area contributed by atoms with Crippen LogP contribution in [0.2, 0.25) is 5.02 Å². The molecule has 1 unspecified atom stereocenters. The molecule has 6 nitrogen and oxygen atoms in total. The zero-order chi connectivity index (χ0) is 18.7. The summed E-state index contributed by atoms with van der Waals surface area (Å²) in [7, 11) is 2.98. The van der Waals surface area contributed by atoms with Crippen LogP contribution in [0, 0.1) is 0 Å². The third kappa shape index (κ3) is 3.32. The largest absolute Gasteiger partial charge is 0.496 e. The summed E-state index contributed by atoms with van der Waals surface area (Å²) >= 11 is 6.08. The van der Waals surface area contributed by atoms with Gasteiger partial charge in [0.25, 0.3) is 5.91 Å². The van der Waals surface area contributed by atoms with Crippen LogP contribution < -0.4 is 14.8 Å². The molecule has 0 spiro atoms. The Morgan fingerprint density at radius 1 is 1.15 bits per heavy atom. The molecule has 1 atom stereocenters. The van der Waals surface area contributed by atoms with Crippen LogP contribution in [0.15, 0.2) is 42.5 Å². The minimum atomic E-state index is -0.774. The number of nitrogens with zero attached hydrogens (tertiary/aromatic N) is 1. The Morgan fingerprint density at radius 3 is 2.42 bits per heavy atom. The molecule has 1 saturated heterocycles. The smallest absolute Gasteiger partial charge is 0.262 e.